The van der Waals surface area contributed by atoms with Gasteiger partial charge in [-0.3, -0.25) is 19.9 Å². The molecule has 1 aliphatic rings. The molecule has 2 heterocycles. The summed E-state index contributed by atoms with van der Waals surface area (Å²) < 4.78 is 44.8. The van der Waals surface area contributed by atoms with Crippen molar-refractivity contribution in [1.82, 2.24) is 15.3 Å². The van der Waals surface area contributed by atoms with Crippen molar-refractivity contribution in [1.29, 1.82) is 0 Å². The molecule has 11 nitrogen and oxygen atoms in total. The van der Waals surface area contributed by atoms with Crippen LogP contribution in [0.25, 0.3) is 11.3 Å². The van der Waals surface area contributed by atoms with Gasteiger partial charge in [0.15, 0.2) is 5.82 Å². The Morgan fingerprint density at radius 1 is 0.898 bits per heavy atom. The zero-order valence-electron chi connectivity index (χ0n) is 26.5. The maximum Gasteiger partial charge on any atom is 0.416 e. The van der Waals surface area contributed by atoms with Gasteiger partial charge in [0.05, 0.1) is 54.7 Å². The number of carbonyl (C=O) groups is 2. The number of anilines is 3. The van der Waals surface area contributed by atoms with Crippen LogP contribution >= 0.6 is 0 Å². The Balaban J connectivity index is 1.33. The van der Waals surface area contributed by atoms with Gasteiger partial charge in [-0.25, -0.2) is 4.98 Å². The monoisotopic (exact) mass is 678 g/mol. The minimum Gasteiger partial charge on any atom is -0.394 e. The molecule has 1 fully saturated rings. The van der Waals surface area contributed by atoms with Crippen molar-refractivity contribution in [3.05, 3.63) is 101 Å². The van der Waals surface area contributed by atoms with Crippen LogP contribution in [0.5, 0.6) is 0 Å². The predicted molar refractivity (Wildman–Crippen MR) is 178 cm³/mol. The van der Waals surface area contributed by atoms with Crippen molar-refractivity contribution in [2.75, 3.05) is 55.0 Å². The predicted octanol–water partition coefficient (Wildman–Crippen LogP) is 5.25. The Kier molecular flexibility index (Phi) is 11.9. The summed E-state index contributed by atoms with van der Waals surface area (Å²) in [5.41, 5.74) is 1.52. The Hall–Kier alpha value is -4.89. The SMILES string of the molecule is O=C(Nc1ccc(N2CCCCC2)cc1C(=O)Nc1cnc(-c2cccc(C(F)(F)F)c2)cn1)c1cccc(C(O)NCCOCCO)c1. The lowest BCUT2D eigenvalue weighted by Crippen LogP contribution is -2.29. The summed E-state index contributed by atoms with van der Waals surface area (Å²) in [6.07, 6.45) is 0.0949. The first-order valence-electron chi connectivity index (χ1n) is 15.8. The molecule has 49 heavy (non-hydrogen) atoms. The molecule has 0 spiro atoms. The number of carbonyl (C=O) groups excluding carboxylic acids is 2. The second kappa shape index (κ2) is 16.5. The van der Waals surface area contributed by atoms with E-state index in [0.29, 0.717) is 12.1 Å². The molecule has 4 aromatic rings. The Morgan fingerprint density at radius 2 is 1.69 bits per heavy atom. The van der Waals surface area contributed by atoms with Crippen LogP contribution in [-0.4, -0.2) is 71.5 Å². The van der Waals surface area contributed by atoms with E-state index in [1.807, 2.05) is 6.07 Å². The van der Waals surface area contributed by atoms with Gasteiger partial charge in [0.2, 0.25) is 0 Å². The molecule has 0 bridgehead atoms. The first-order chi connectivity index (χ1) is 23.6. The van der Waals surface area contributed by atoms with Crippen LogP contribution in [-0.2, 0) is 10.9 Å². The molecule has 0 saturated carbocycles. The Labute approximate surface area is 281 Å². The molecular formula is C35H37F3N6O5. The van der Waals surface area contributed by atoms with Gasteiger partial charge in [-0.05, 0) is 67.3 Å². The van der Waals surface area contributed by atoms with Crippen molar-refractivity contribution in [2.45, 2.75) is 31.7 Å². The second-order valence-electron chi connectivity index (χ2n) is 11.4. The number of aliphatic hydroxyl groups is 2. The molecule has 1 aromatic heterocycles. The topological polar surface area (TPSA) is 149 Å². The highest BCUT2D eigenvalue weighted by Crippen LogP contribution is 2.32. The average Bonchev–Trinajstić information content (AvgIpc) is 3.12. The van der Waals surface area contributed by atoms with Crippen LogP contribution in [0.2, 0.25) is 0 Å². The molecule has 258 valence electrons. The molecule has 1 aliphatic heterocycles. The minimum absolute atomic E-state index is 0.0670. The number of nitrogens with one attached hydrogen (secondary N) is 3. The summed E-state index contributed by atoms with van der Waals surface area (Å²) in [5, 5.41) is 27.7. The molecule has 14 heteroatoms. The molecule has 2 amide bonds. The number of alkyl halides is 3. The van der Waals surface area contributed by atoms with Gasteiger partial charge in [-0.15, -0.1) is 0 Å². The summed E-state index contributed by atoms with van der Waals surface area (Å²) >= 11 is 0. The van der Waals surface area contributed by atoms with E-state index in [2.05, 4.69) is 30.8 Å². The fourth-order valence-electron chi connectivity index (χ4n) is 5.35. The molecule has 1 saturated heterocycles. The minimum atomic E-state index is -4.51. The number of hydrogen-bond donors (Lipinski definition) is 5. The first-order valence-corrected chi connectivity index (χ1v) is 15.8. The number of nitrogens with zero attached hydrogens (tertiary/aromatic N) is 3. The number of aromatic nitrogens is 2. The van der Waals surface area contributed by atoms with Crippen molar-refractivity contribution in [3.63, 3.8) is 0 Å². The summed E-state index contributed by atoms with van der Waals surface area (Å²) in [6.45, 7) is 2.34. The molecule has 1 atom stereocenters. The lowest BCUT2D eigenvalue weighted by atomic mass is 10.1. The summed E-state index contributed by atoms with van der Waals surface area (Å²) in [4.78, 5) is 37.7. The third kappa shape index (κ3) is 9.60. The quantitative estimate of drug-likeness (QED) is 0.0945. The fraction of sp³-hybridized carbons (Fsp3) is 0.314. The van der Waals surface area contributed by atoms with E-state index >= 15 is 0 Å². The van der Waals surface area contributed by atoms with Crippen molar-refractivity contribution < 1.29 is 37.7 Å². The zero-order chi connectivity index (χ0) is 34.8. The van der Waals surface area contributed by atoms with Gasteiger partial charge in [-0.1, -0.05) is 24.3 Å². The number of benzene rings is 3. The molecular weight excluding hydrogens is 641 g/mol. The molecule has 0 radical (unpaired) electrons. The van der Waals surface area contributed by atoms with Crippen molar-refractivity contribution >= 4 is 29.0 Å². The van der Waals surface area contributed by atoms with Gasteiger partial charge in [0, 0.05) is 36.4 Å². The highest BCUT2D eigenvalue weighted by molar-refractivity contribution is 6.12. The third-order valence-corrected chi connectivity index (χ3v) is 7.88. The van der Waals surface area contributed by atoms with Crippen LogP contribution in [0.4, 0.5) is 30.4 Å². The number of rotatable bonds is 13. The van der Waals surface area contributed by atoms with Gasteiger partial charge in [0.1, 0.15) is 6.23 Å². The molecule has 3 aromatic carbocycles. The number of ether oxygens (including phenoxy) is 1. The molecule has 1 unspecified atom stereocenters. The summed E-state index contributed by atoms with van der Waals surface area (Å²) in [7, 11) is 0. The smallest absolute Gasteiger partial charge is 0.394 e. The lowest BCUT2D eigenvalue weighted by molar-refractivity contribution is -0.137. The Bertz CT molecular complexity index is 1730. The first kappa shape index (κ1) is 35.4. The van der Waals surface area contributed by atoms with Crippen LogP contribution in [0.3, 0.4) is 0 Å². The van der Waals surface area contributed by atoms with Crippen molar-refractivity contribution in [2.24, 2.45) is 0 Å². The van der Waals surface area contributed by atoms with E-state index in [4.69, 9.17) is 9.84 Å². The van der Waals surface area contributed by atoms with Crippen molar-refractivity contribution in [3.8, 4) is 11.3 Å². The van der Waals surface area contributed by atoms with E-state index in [1.165, 1.54) is 30.6 Å². The molecule has 5 N–H and O–H groups in total. The van der Waals surface area contributed by atoms with Crippen LogP contribution in [0.1, 0.15) is 57.3 Å². The van der Waals surface area contributed by atoms with E-state index in [-0.39, 0.29) is 53.7 Å². The van der Waals surface area contributed by atoms with Crippen LogP contribution in [0.15, 0.2) is 79.1 Å². The van der Waals surface area contributed by atoms with Crippen LogP contribution in [0, 0.1) is 0 Å². The van der Waals surface area contributed by atoms with Gasteiger partial charge in [0.25, 0.3) is 11.8 Å². The second-order valence-corrected chi connectivity index (χ2v) is 11.4. The standard InChI is InChI=1S/C35H37F3N6O5/c36-35(37,38)26-9-5-6-23(19-26)30-21-41-31(22-40-30)43-34(48)28-20-27(44-13-2-1-3-14-44)10-11-29(28)42-33(47)25-8-4-7-24(18-25)32(46)39-12-16-49-17-15-45/h4-11,18-22,32,39,45-46H,1-3,12-17H2,(H,42,47)(H,41,43,48). The zero-order valence-corrected chi connectivity index (χ0v) is 26.5. The normalized spacial score (nSPS) is 13.9. The maximum absolute atomic E-state index is 13.7. The maximum atomic E-state index is 13.7. The molecule has 5 rings (SSSR count). The van der Waals surface area contributed by atoms with Gasteiger partial charge in [-0.2, -0.15) is 13.2 Å². The van der Waals surface area contributed by atoms with E-state index in [0.717, 1.165) is 50.2 Å². The summed E-state index contributed by atoms with van der Waals surface area (Å²) in [5.74, 6) is -1.02. The van der Waals surface area contributed by atoms with Gasteiger partial charge >= 0.3 is 6.18 Å². The highest BCUT2D eigenvalue weighted by Gasteiger charge is 2.30. The number of piperidine rings is 1. The summed E-state index contributed by atoms with van der Waals surface area (Å²) in [6, 6.07) is 16.3. The van der Waals surface area contributed by atoms with E-state index in [1.54, 1.807) is 30.3 Å². The number of amides is 2. The number of hydrogen-bond acceptors (Lipinski definition) is 9. The fourth-order valence-corrected chi connectivity index (χ4v) is 5.35. The highest BCUT2D eigenvalue weighted by atomic mass is 19.4. The molecule has 0 aliphatic carbocycles. The Morgan fingerprint density at radius 3 is 2.43 bits per heavy atom. The largest absolute Gasteiger partial charge is 0.416 e. The van der Waals surface area contributed by atoms with E-state index < -0.39 is 29.8 Å². The number of aliphatic hydroxyl groups excluding tert-OH is 2. The average molecular weight is 679 g/mol. The van der Waals surface area contributed by atoms with Crippen LogP contribution < -0.4 is 20.9 Å². The van der Waals surface area contributed by atoms with E-state index in [9.17, 15) is 27.9 Å². The van der Waals surface area contributed by atoms with Gasteiger partial charge < -0.3 is 30.5 Å². The lowest BCUT2D eigenvalue weighted by Gasteiger charge is -2.29. The third-order valence-electron chi connectivity index (χ3n) is 7.88. The number of halogens is 3.